The molecule has 1 aliphatic heterocycles. The summed E-state index contributed by atoms with van der Waals surface area (Å²) in [5, 5.41) is 3.08. The van der Waals surface area contributed by atoms with Gasteiger partial charge in [0.2, 0.25) is 5.91 Å². The first-order chi connectivity index (χ1) is 9.70. The summed E-state index contributed by atoms with van der Waals surface area (Å²) < 4.78 is 0. The number of carbonyl (C=O) groups excluding carboxylic acids is 1. The van der Waals surface area contributed by atoms with Gasteiger partial charge in [0.05, 0.1) is 0 Å². The number of hydrogen-bond acceptors (Lipinski definition) is 3. The van der Waals surface area contributed by atoms with Crippen LogP contribution in [0.3, 0.4) is 0 Å². The molecule has 0 spiro atoms. The lowest BCUT2D eigenvalue weighted by Crippen LogP contribution is -2.48. The van der Waals surface area contributed by atoms with Crippen LogP contribution in [-0.2, 0) is 4.79 Å². The van der Waals surface area contributed by atoms with Gasteiger partial charge in [-0.05, 0) is 44.6 Å². The number of anilines is 1. The van der Waals surface area contributed by atoms with E-state index in [0.29, 0.717) is 12.3 Å². The van der Waals surface area contributed by atoms with Crippen molar-refractivity contribution in [1.29, 1.82) is 0 Å². The minimum atomic E-state index is 0. The van der Waals surface area contributed by atoms with Crippen LogP contribution in [0.5, 0.6) is 0 Å². The second-order valence-electron chi connectivity index (χ2n) is 5.41. The summed E-state index contributed by atoms with van der Waals surface area (Å²) in [6.45, 7) is 6.57. The third kappa shape index (κ3) is 6.03. The molecule has 1 heterocycles. The number of hydrogen-bond donors (Lipinski definition) is 1. The zero-order valence-electron chi connectivity index (χ0n) is 13.4. The zero-order chi connectivity index (χ0) is 14.4. The number of amides is 1. The summed E-state index contributed by atoms with van der Waals surface area (Å²) in [5.41, 5.74) is 2.56. The SMILES string of the molecule is CNCCCC(=O)N1CCN(c2cccc(C)c2)CC1.Cl.Cl. The summed E-state index contributed by atoms with van der Waals surface area (Å²) in [4.78, 5) is 16.4. The lowest BCUT2D eigenvalue weighted by atomic mass is 10.2. The van der Waals surface area contributed by atoms with Crippen molar-refractivity contribution >= 4 is 36.4 Å². The summed E-state index contributed by atoms with van der Waals surface area (Å²) in [7, 11) is 1.92. The van der Waals surface area contributed by atoms with Crippen molar-refractivity contribution in [3.8, 4) is 0 Å². The Balaban J connectivity index is 0.00000220. The highest BCUT2D eigenvalue weighted by molar-refractivity contribution is 5.85. The highest BCUT2D eigenvalue weighted by Crippen LogP contribution is 2.18. The van der Waals surface area contributed by atoms with Crippen molar-refractivity contribution in [3.05, 3.63) is 29.8 Å². The summed E-state index contributed by atoms with van der Waals surface area (Å²) in [6.07, 6.45) is 1.58. The van der Waals surface area contributed by atoms with E-state index < -0.39 is 0 Å². The minimum absolute atomic E-state index is 0. The number of nitrogens with one attached hydrogen (secondary N) is 1. The Bertz CT molecular complexity index is 449. The maximum Gasteiger partial charge on any atom is 0.222 e. The van der Waals surface area contributed by atoms with Crippen LogP contribution < -0.4 is 10.2 Å². The number of rotatable bonds is 5. The van der Waals surface area contributed by atoms with Crippen LogP contribution in [0.15, 0.2) is 24.3 Å². The van der Waals surface area contributed by atoms with E-state index in [0.717, 1.165) is 39.1 Å². The molecule has 0 bridgehead atoms. The first-order valence-electron chi connectivity index (χ1n) is 7.44. The fourth-order valence-electron chi connectivity index (χ4n) is 2.61. The Labute approximate surface area is 146 Å². The topological polar surface area (TPSA) is 35.6 Å². The molecular weight excluding hydrogens is 321 g/mol. The largest absolute Gasteiger partial charge is 0.368 e. The Morgan fingerprint density at radius 3 is 2.45 bits per heavy atom. The molecule has 22 heavy (non-hydrogen) atoms. The molecule has 1 N–H and O–H groups in total. The molecule has 6 heteroatoms. The maximum absolute atomic E-state index is 12.0. The van der Waals surface area contributed by atoms with Gasteiger partial charge in [-0.3, -0.25) is 4.79 Å². The quantitative estimate of drug-likeness (QED) is 0.831. The van der Waals surface area contributed by atoms with Crippen LogP contribution in [0.25, 0.3) is 0 Å². The third-order valence-electron chi connectivity index (χ3n) is 3.82. The summed E-state index contributed by atoms with van der Waals surface area (Å²) >= 11 is 0. The smallest absolute Gasteiger partial charge is 0.222 e. The van der Waals surface area contributed by atoms with Gasteiger partial charge in [0, 0.05) is 38.3 Å². The highest BCUT2D eigenvalue weighted by Gasteiger charge is 2.20. The monoisotopic (exact) mass is 347 g/mol. The van der Waals surface area contributed by atoms with Crippen LogP contribution in [0.1, 0.15) is 18.4 Å². The van der Waals surface area contributed by atoms with Crippen molar-refractivity contribution in [3.63, 3.8) is 0 Å². The Morgan fingerprint density at radius 2 is 1.86 bits per heavy atom. The average Bonchev–Trinajstić information content (AvgIpc) is 2.47. The van der Waals surface area contributed by atoms with Crippen LogP contribution in [0.2, 0.25) is 0 Å². The van der Waals surface area contributed by atoms with E-state index in [1.54, 1.807) is 0 Å². The van der Waals surface area contributed by atoms with Crippen molar-refractivity contribution in [2.24, 2.45) is 0 Å². The molecule has 1 aliphatic rings. The molecule has 0 atom stereocenters. The molecule has 1 aromatic rings. The van der Waals surface area contributed by atoms with Gasteiger partial charge in [0.15, 0.2) is 0 Å². The van der Waals surface area contributed by atoms with Crippen LogP contribution in [0, 0.1) is 6.92 Å². The average molecular weight is 348 g/mol. The van der Waals surface area contributed by atoms with Crippen molar-refractivity contribution in [2.75, 3.05) is 44.7 Å². The Kier molecular flexibility index (Phi) is 10.2. The van der Waals surface area contributed by atoms with Crippen LogP contribution in [0.4, 0.5) is 5.69 Å². The fourth-order valence-corrected chi connectivity index (χ4v) is 2.61. The maximum atomic E-state index is 12.0. The molecule has 1 amide bonds. The molecular formula is C16H27Cl2N3O. The first kappa shape index (κ1) is 21.0. The molecule has 1 saturated heterocycles. The Hall–Kier alpha value is -0.970. The number of aryl methyl sites for hydroxylation is 1. The predicted molar refractivity (Wildman–Crippen MR) is 97.6 cm³/mol. The van der Waals surface area contributed by atoms with Gasteiger partial charge in [-0.25, -0.2) is 0 Å². The van der Waals surface area contributed by atoms with E-state index in [4.69, 9.17) is 0 Å². The lowest BCUT2D eigenvalue weighted by Gasteiger charge is -2.36. The summed E-state index contributed by atoms with van der Waals surface area (Å²) in [5.74, 6) is 0.296. The number of benzene rings is 1. The predicted octanol–water partition coefficient (Wildman–Crippen LogP) is 2.49. The molecule has 4 nitrogen and oxygen atoms in total. The van der Waals surface area contributed by atoms with Gasteiger partial charge in [0.25, 0.3) is 0 Å². The minimum Gasteiger partial charge on any atom is -0.368 e. The number of piperazine rings is 1. The molecule has 126 valence electrons. The Morgan fingerprint density at radius 1 is 1.18 bits per heavy atom. The van der Waals surface area contributed by atoms with E-state index >= 15 is 0 Å². The van der Waals surface area contributed by atoms with Gasteiger partial charge in [-0.1, -0.05) is 12.1 Å². The van der Waals surface area contributed by atoms with Gasteiger partial charge in [0.1, 0.15) is 0 Å². The molecule has 0 aromatic heterocycles. The highest BCUT2D eigenvalue weighted by atomic mass is 35.5. The molecule has 1 aromatic carbocycles. The van der Waals surface area contributed by atoms with Crippen molar-refractivity contribution < 1.29 is 4.79 Å². The zero-order valence-corrected chi connectivity index (χ0v) is 15.0. The first-order valence-corrected chi connectivity index (χ1v) is 7.44. The standard InChI is InChI=1S/C16H25N3O.2ClH/c1-14-5-3-6-15(13-14)18-9-11-19(12-10-18)16(20)7-4-8-17-2;;/h3,5-6,13,17H,4,7-12H2,1-2H3;2*1H. The lowest BCUT2D eigenvalue weighted by molar-refractivity contribution is -0.131. The molecule has 0 saturated carbocycles. The van der Waals surface area contributed by atoms with Crippen molar-refractivity contribution in [1.82, 2.24) is 10.2 Å². The van der Waals surface area contributed by atoms with Crippen LogP contribution in [-0.4, -0.2) is 50.6 Å². The molecule has 0 aliphatic carbocycles. The third-order valence-corrected chi connectivity index (χ3v) is 3.82. The molecule has 0 unspecified atom stereocenters. The van der Waals surface area contributed by atoms with E-state index in [1.807, 2.05) is 11.9 Å². The van der Waals surface area contributed by atoms with E-state index in [1.165, 1.54) is 11.3 Å². The van der Waals surface area contributed by atoms with E-state index in [9.17, 15) is 4.79 Å². The van der Waals surface area contributed by atoms with E-state index in [-0.39, 0.29) is 24.8 Å². The number of carbonyl (C=O) groups is 1. The molecule has 2 rings (SSSR count). The molecule has 0 radical (unpaired) electrons. The van der Waals surface area contributed by atoms with Crippen LogP contribution >= 0.6 is 24.8 Å². The normalized spacial score (nSPS) is 14.1. The van der Waals surface area contributed by atoms with E-state index in [2.05, 4.69) is 41.4 Å². The van der Waals surface area contributed by atoms with Crippen molar-refractivity contribution in [2.45, 2.75) is 19.8 Å². The van der Waals surface area contributed by atoms with Gasteiger partial charge in [-0.2, -0.15) is 0 Å². The number of halogens is 2. The summed E-state index contributed by atoms with van der Waals surface area (Å²) in [6, 6.07) is 8.58. The van der Waals surface area contributed by atoms with Gasteiger partial charge in [-0.15, -0.1) is 24.8 Å². The number of nitrogens with zero attached hydrogens (tertiary/aromatic N) is 2. The molecule has 1 fully saturated rings. The van der Waals surface area contributed by atoms with Gasteiger partial charge >= 0.3 is 0 Å². The second kappa shape index (κ2) is 10.7. The fraction of sp³-hybridized carbons (Fsp3) is 0.562. The second-order valence-corrected chi connectivity index (χ2v) is 5.41. The van der Waals surface area contributed by atoms with Gasteiger partial charge < -0.3 is 15.1 Å².